The van der Waals surface area contributed by atoms with Crippen molar-refractivity contribution in [3.8, 4) is 17.0 Å². The van der Waals surface area contributed by atoms with E-state index in [1.54, 1.807) is 19.9 Å². The van der Waals surface area contributed by atoms with Crippen molar-refractivity contribution in [1.82, 2.24) is 9.78 Å². The molecule has 0 saturated carbocycles. The molecular formula is C19H23ClF3N3O3. The zero-order valence-electron chi connectivity index (χ0n) is 16.6. The van der Waals surface area contributed by atoms with Gasteiger partial charge < -0.3 is 14.8 Å². The highest BCUT2D eigenvalue weighted by Crippen LogP contribution is 2.39. The smallest absolute Gasteiger partial charge is 0.408 e. The molecule has 160 valence electrons. The Kier molecular flexibility index (Phi) is 7.40. The summed E-state index contributed by atoms with van der Waals surface area (Å²) in [7, 11) is 0. The van der Waals surface area contributed by atoms with Crippen LogP contribution in [0.25, 0.3) is 11.3 Å². The van der Waals surface area contributed by atoms with Gasteiger partial charge in [-0.05, 0) is 39.8 Å². The number of hydrogen-bond acceptors (Lipinski definition) is 5. The van der Waals surface area contributed by atoms with Gasteiger partial charge in [0.05, 0.1) is 18.9 Å². The van der Waals surface area contributed by atoms with E-state index in [0.717, 1.165) is 6.92 Å². The minimum atomic E-state index is -4.39. The molecule has 0 spiro atoms. The van der Waals surface area contributed by atoms with Crippen molar-refractivity contribution in [2.24, 2.45) is 0 Å². The number of benzene rings is 1. The summed E-state index contributed by atoms with van der Waals surface area (Å²) in [6, 6.07) is 2.81. The van der Waals surface area contributed by atoms with Gasteiger partial charge in [-0.15, -0.1) is 0 Å². The number of carbonyl (C=O) groups excluding carboxylic acids is 1. The molecule has 2 aromatic rings. The molecule has 1 aromatic heterocycles. The Labute approximate surface area is 171 Å². The van der Waals surface area contributed by atoms with Gasteiger partial charge in [0.2, 0.25) is 0 Å². The van der Waals surface area contributed by atoms with Gasteiger partial charge >= 0.3 is 12.1 Å². The molecule has 1 atom stereocenters. The molecule has 0 aliphatic heterocycles. The maximum atomic E-state index is 12.9. The average molecular weight is 434 g/mol. The quantitative estimate of drug-likeness (QED) is 0.582. The molecule has 29 heavy (non-hydrogen) atoms. The van der Waals surface area contributed by atoms with Crippen LogP contribution in [0, 0.1) is 0 Å². The molecule has 1 N–H and O–H groups in total. The van der Waals surface area contributed by atoms with E-state index in [-0.39, 0.29) is 29.6 Å². The fourth-order valence-electron chi connectivity index (χ4n) is 2.67. The normalized spacial score (nSPS) is 12.6. The van der Waals surface area contributed by atoms with Crippen molar-refractivity contribution >= 4 is 23.3 Å². The monoisotopic (exact) mass is 433 g/mol. The van der Waals surface area contributed by atoms with Crippen LogP contribution in [0.1, 0.15) is 38.2 Å². The number of halogens is 4. The second-order valence-electron chi connectivity index (χ2n) is 6.10. The number of nitrogens with one attached hydrogen (secondary N) is 1. The van der Waals surface area contributed by atoms with Gasteiger partial charge in [-0.25, -0.2) is 4.79 Å². The molecular weight excluding hydrogens is 411 g/mol. The summed E-state index contributed by atoms with van der Waals surface area (Å²) in [4.78, 5) is 12.1. The Hall–Kier alpha value is -2.42. The van der Waals surface area contributed by atoms with Gasteiger partial charge in [0.15, 0.2) is 5.69 Å². The van der Waals surface area contributed by atoms with Gasteiger partial charge in [0, 0.05) is 23.9 Å². The lowest BCUT2D eigenvalue weighted by Crippen LogP contribution is -2.33. The third-order valence-electron chi connectivity index (χ3n) is 4.07. The molecule has 6 nitrogen and oxygen atoms in total. The predicted molar refractivity (Wildman–Crippen MR) is 105 cm³/mol. The van der Waals surface area contributed by atoms with E-state index >= 15 is 0 Å². The zero-order chi connectivity index (χ0) is 21.8. The Morgan fingerprint density at radius 3 is 2.52 bits per heavy atom. The molecule has 2 rings (SSSR count). The van der Waals surface area contributed by atoms with Crippen LogP contribution in [0.2, 0.25) is 5.02 Å². The van der Waals surface area contributed by atoms with Crippen LogP contribution in [0.3, 0.4) is 0 Å². The van der Waals surface area contributed by atoms with E-state index < -0.39 is 18.2 Å². The Morgan fingerprint density at radius 2 is 1.97 bits per heavy atom. The number of aromatic nitrogens is 2. The summed E-state index contributed by atoms with van der Waals surface area (Å²) in [5, 5.41) is 6.72. The molecule has 0 aliphatic carbocycles. The summed E-state index contributed by atoms with van der Waals surface area (Å²) in [5.74, 6) is -0.333. The molecule has 0 aliphatic rings. The number of hydrogen-bond donors (Lipinski definition) is 1. The minimum Gasteiger partial charge on any atom is -0.493 e. The van der Waals surface area contributed by atoms with Crippen LogP contribution in [0.5, 0.6) is 5.75 Å². The highest BCUT2D eigenvalue weighted by molar-refractivity contribution is 6.36. The Bertz CT molecular complexity index is 868. The Balaban J connectivity index is 2.52. The molecule has 0 fully saturated rings. The summed E-state index contributed by atoms with van der Waals surface area (Å²) in [5.41, 5.74) is 1.15. The maximum absolute atomic E-state index is 12.9. The molecule has 1 aromatic carbocycles. The number of carbonyl (C=O) groups is 1. The number of anilines is 1. The van der Waals surface area contributed by atoms with E-state index in [1.807, 2.05) is 6.92 Å². The van der Waals surface area contributed by atoms with E-state index in [2.05, 4.69) is 10.4 Å². The van der Waals surface area contributed by atoms with E-state index in [0.29, 0.717) is 23.6 Å². The zero-order valence-corrected chi connectivity index (χ0v) is 17.3. The molecule has 0 unspecified atom stereocenters. The van der Waals surface area contributed by atoms with Crippen LogP contribution < -0.4 is 10.1 Å². The van der Waals surface area contributed by atoms with Crippen LogP contribution in [0.4, 0.5) is 18.9 Å². The predicted octanol–water partition coefficient (Wildman–Crippen LogP) is 5.16. The van der Waals surface area contributed by atoms with Crippen molar-refractivity contribution in [2.45, 2.75) is 46.5 Å². The van der Waals surface area contributed by atoms with Crippen molar-refractivity contribution in [3.63, 3.8) is 0 Å². The summed E-state index contributed by atoms with van der Waals surface area (Å²) >= 11 is 6.43. The van der Waals surface area contributed by atoms with Crippen LogP contribution >= 0.6 is 11.6 Å². The van der Waals surface area contributed by atoms with Gasteiger partial charge in [0.1, 0.15) is 16.8 Å². The minimum absolute atomic E-state index is 0.0271. The average Bonchev–Trinajstić information content (AvgIpc) is 2.98. The molecule has 0 amide bonds. The third-order valence-corrected chi connectivity index (χ3v) is 4.43. The molecule has 0 radical (unpaired) electrons. The van der Waals surface area contributed by atoms with E-state index in [1.165, 1.54) is 16.8 Å². The summed E-state index contributed by atoms with van der Waals surface area (Å²) < 4.78 is 50.7. The van der Waals surface area contributed by atoms with Gasteiger partial charge in [-0.3, -0.25) is 4.68 Å². The molecule has 0 saturated heterocycles. The van der Waals surface area contributed by atoms with E-state index in [9.17, 15) is 18.0 Å². The largest absolute Gasteiger partial charge is 0.493 e. The summed E-state index contributed by atoms with van der Waals surface area (Å²) in [6.45, 7) is 7.14. The first-order chi connectivity index (χ1) is 13.6. The Morgan fingerprint density at radius 1 is 1.28 bits per heavy atom. The molecule has 1 heterocycles. The SMILES string of the molecule is CCOC(=O)c1nn(CC)c(-c2ccc(N[C@H](C)C(F)(F)F)cc2OCC)c1Cl. The topological polar surface area (TPSA) is 65.4 Å². The number of aryl methyl sites for hydroxylation is 1. The second-order valence-corrected chi connectivity index (χ2v) is 6.48. The fraction of sp³-hybridized carbons (Fsp3) is 0.474. The highest BCUT2D eigenvalue weighted by atomic mass is 35.5. The first-order valence-electron chi connectivity index (χ1n) is 9.17. The maximum Gasteiger partial charge on any atom is 0.408 e. The van der Waals surface area contributed by atoms with Crippen LogP contribution in [-0.4, -0.2) is 41.2 Å². The standard InChI is InChI=1S/C19H23ClF3N3O3/c1-5-26-17(15(20)16(25-26)18(27)29-7-3)13-9-8-12(10-14(13)28-6-2)24-11(4)19(21,22)23/h8-11,24H,5-7H2,1-4H3/t11-/m1/s1. The van der Waals surface area contributed by atoms with Crippen molar-refractivity contribution in [1.29, 1.82) is 0 Å². The summed E-state index contributed by atoms with van der Waals surface area (Å²) in [6.07, 6.45) is -4.39. The van der Waals surface area contributed by atoms with E-state index in [4.69, 9.17) is 21.1 Å². The first kappa shape index (κ1) is 22.9. The van der Waals surface area contributed by atoms with Crippen molar-refractivity contribution < 1.29 is 27.4 Å². The lowest BCUT2D eigenvalue weighted by Gasteiger charge is -2.20. The lowest BCUT2D eigenvalue weighted by molar-refractivity contribution is -0.138. The van der Waals surface area contributed by atoms with Crippen LogP contribution in [0.15, 0.2) is 18.2 Å². The number of alkyl halides is 3. The molecule has 10 heteroatoms. The number of nitrogens with zero attached hydrogens (tertiary/aromatic N) is 2. The molecule has 0 bridgehead atoms. The highest BCUT2D eigenvalue weighted by Gasteiger charge is 2.36. The van der Waals surface area contributed by atoms with Gasteiger partial charge in [0.25, 0.3) is 0 Å². The number of esters is 1. The third kappa shape index (κ3) is 5.14. The van der Waals surface area contributed by atoms with Gasteiger partial charge in [-0.1, -0.05) is 11.6 Å². The lowest BCUT2D eigenvalue weighted by atomic mass is 10.1. The first-order valence-corrected chi connectivity index (χ1v) is 9.55. The fourth-order valence-corrected chi connectivity index (χ4v) is 2.98. The van der Waals surface area contributed by atoms with Crippen LogP contribution in [-0.2, 0) is 11.3 Å². The van der Waals surface area contributed by atoms with Crippen molar-refractivity contribution in [2.75, 3.05) is 18.5 Å². The second kappa shape index (κ2) is 9.39. The van der Waals surface area contributed by atoms with Crippen molar-refractivity contribution in [3.05, 3.63) is 28.9 Å². The number of ether oxygens (including phenoxy) is 2. The van der Waals surface area contributed by atoms with Gasteiger partial charge in [-0.2, -0.15) is 18.3 Å². The number of rotatable bonds is 8.